The lowest BCUT2D eigenvalue weighted by atomic mass is 10.1. The van der Waals surface area contributed by atoms with Crippen molar-refractivity contribution in [3.8, 4) is 0 Å². The van der Waals surface area contributed by atoms with Crippen LogP contribution in [0.1, 0.15) is 67.2 Å². The van der Waals surface area contributed by atoms with Gasteiger partial charge >= 0.3 is 18.2 Å². The molecule has 29 heavy (non-hydrogen) atoms. The van der Waals surface area contributed by atoms with Gasteiger partial charge in [0.25, 0.3) is 0 Å². The molecule has 0 saturated carbocycles. The van der Waals surface area contributed by atoms with Crippen LogP contribution in [0.4, 0.5) is 9.59 Å². The van der Waals surface area contributed by atoms with Crippen LogP contribution < -0.4 is 16.0 Å². The number of alkyl carbamates (subject to hydrolysis) is 2. The standard InChI is InChI=1S/C19H35N3O7/c1-18(2,3)28-16(26)21-12-10-14(23)20-11-8-7-9-13(15(24)25)22-17(27)29-19(4,5)6/h13H,7-12H2,1-6H3,(H,20,23)(H,21,26)(H,22,27)(H,24,25)/t13-/m0/s1. The molecule has 0 heterocycles. The van der Waals surface area contributed by atoms with Crippen molar-refractivity contribution < 1.29 is 33.8 Å². The Bertz CT molecular complexity index is 565. The number of hydrogen-bond donors (Lipinski definition) is 4. The number of rotatable bonds is 10. The van der Waals surface area contributed by atoms with Gasteiger partial charge in [0.05, 0.1) is 0 Å². The van der Waals surface area contributed by atoms with Crippen molar-refractivity contribution in [2.45, 2.75) is 84.5 Å². The number of carboxylic acids is 1. The molecule has 0 aliphatic heterocycles. The summed E-state index contributed by atoms with van der Waals surface area (Å²) in [6, 6.07) is -1.06. The van der Waals surface area contributed by atoms with Gasteiger partial charge < -0.3 is 30.5 Å². The zero-order valence-corrected chi connectivity index (χ0v) is 18.2. The number of carbonyl (C=O) groups excluding carboxylic acids is 3. The SMILES string of the molecule is CC(C)(C)OC(=O)NCCC(=O)NCCCC[C@H](NC(=O)OC(C)(C)C)C(=O)O. The molecule has 4 N–H and O–H groups in total. The average Bonchev–Trinajstić information content (AvgIpc) is 2.49. The number of carbonyl (C=O) groups is 4. The minimum atomic E-state index is -1.15. The van der Waals surface area contributed by atoms with Crippen molar-refractivity contribution in [3.63, 3.8) is 0 Å². The molecule has 0 unspecified atom stereocenters. The van der Waals surface area contributed by atoms with Gasteiger partial charge in [0, 0.05) is 19.5 Å². The van der Waals surface area contributed by atoms with Gasteiger partial charge in [-0.05, 0) is 60.8 Å². The molecular weight excluding hydrogens is 382 g/mol. The fourth-order valence-corrected chi connectivity index (χ4v) is 2.09. The Labute approximate surface area is 172 Å². The Hall–Kier alpha value is -2.52. The second kappa shape index (κ2) is 12.1. The van der Waals surface area contributed by atoms with E-state index in [9.17, 15) is 24.3 Å². The molecule has 1 atom stereocenters. The van der Waals surface area contributed by atoms with Crippen LogP contribution >= 0.6 is 0 Å². The first kappa shape index (κ1) is 26.5. The zero-order chi connectivity index (χ0) is 22.7. The van der Waals surface area contributed by atoms with Gasteiger partial charge in [0.15, 0.2) is 0 Å². The van der Waals surface area contributed by atoms with Crippen molar-refractivity contribution >= 4 is 24.1 Å². The van der Waals surface area contributed by atoms with E-state index >= 15 is 0 Å². The van der Waals surface area contributed by atoms with E-state index in [2.05, 4.69) is 16.0 Å². The van der Waals surface area contributed by atoms with Gasteiger partial charge in [-0.2, -0.15) is 0 Å². The molecule has 0 rings (SSSR count). The number of aliphatic carboxylic acids is 1. The maximum atomic E-state index is 11.7. The normalized spacial score (nSPS) is 12.5. The predicted octanol–water partition coefficient (Wildman–Crippen LogP) is 2.17. The van der Waals surface area contributed by atoms with Crippen LogP contribution in [0, 0.1) is 0 Å². The van der Waals surface area contributed by atoms with Gasteiger partial charge in [0.2, 0.25) is 5.91 Å². The smallest absolute Gasteiger partial charge is 0.408 e. The minimum Gasteiger partial charge on any atom is -0.480 e. The Morgan fingerprint density at radius 3 is 1.90 bits per heavy atom. The van der Waals surface area contributed by atoms with Crippen molar-refractivity contribution in [2.75, 3.05) is 13.1 Å². The van der Waals surface area contributed by atoms with Crippen molar-refractivity contribution in [1.82, 2.24) is 16.0 Å². The van der Waals surface area contributed by atoms with Crippen LogP contribution in [0.15, 0.2) is 0 Å². The Morgan fingerprint density at radius 2 is 1.38 bits per heavy atom. The third-order valence-electron chi connectivity index (χ3n) is 3.25. The molecule has 0 aliphatic carbocycles. The molecule has 0 aromatic carbocycles. The number of unbranched alkanes of at least 4 members (excludes halogenated alkanes) is 1. The molecule has 0 saturated heterocycles. The topological polar surface area (TPSA) is 143 Å². The van der Waals surface area contributed by atoms with E-state index < -0.39 is 35.4 Å². The number of ether oxygens (including phenoxy) is 2. The molecular formula is C19H35N3O7. The summed E-state index contributed by atoms with van der Waals surface area (Å²) in [6.07, 6.45) is -0.00559. The Kier molecular flexibility index (Phi) is 11.1. The second-order valence-electron chi connectivity index (χ2n) is 8.56. The fourth-order valence-electron chi connectivity index (χ4n) is 2.09. The third kappa shape index (κ3) is 16.2. The molecule has 10 nitrogen and oxygen atoms in total. The first-order chi connectivity index (χ1) is 13.2. The van der Waals surface area contributed by atoms with E-state index in [0.717, 1.165) is 0 Å². The minimum absolute atomic E-state index is 0.108. The lowest BCUT2D eigenvalue weighted by molar-refractivity contribution is -0.139. The summed E-state index contributed by atoms with van der Waals surface area (Å²) in [5.41, 5.74) is -1.31. The van der Waals surface area contributed by atoms with E-state index in [1.165, 1.54) is 0 Å². The molecule has 168 valence electrons. The van der Waals surface area contributed by atoms with Gasteiger partial charge in [-0.15, -0.1) is 0 Å². The largest absolute Gasteiger partial charge is 0.480 e. The van der Waals surface area contributed by atoms with E-state index in [-0.39, 0.29) is 25.3 Å². The molecule has 0 aromatic rings. The summed E-state index contributed by atoms with van der Waals surface area (Å²) < 4.78 is 10.1. The quantitative estimate of drug-likeness (QED) is 0.399. The van der Waals surface area contributed by atoms with E-state index in [1.54, 1.807) is 41.5 Å². The van der Waals surface area contributed by atoms with Crippen molar-refractivity contribution in [3.05, 3.63) is 0 Å². The lowest BCUT2D eigenvalue weighted by Crippen LogP contribution is -2.43. The molecule has 3 amide bonds. The number of nitrogens with one attached hydrogen (secondary N) is 3. The van der Waals surface area contributed by atoms with Crippen LogP contribution in [0.3, 0.4) is 0 Å². The molecule has 10 heteroatoms. The highest BCUT2D eigenvalue weighted by molar-refractivity contribution is 5.80. The number of amides is 3. The van der Waals surface area contributed by atoms with Crippen LogP contribution in [0.5, 0.6) is 0 Å². The number of hydrogen-bond acceptors (Lipinski definition) is 6. The van der Waals surface area contributed by atoms with E-state index in [1.807, 2.05) is 0 Å². The molecule has 0 bridgehead atoms. The zero-order valence-electron chi connectivity index (χ0n) is 18.2. The third-order valence-corrected chi connectivity index (χ3v) is 3.25. The second-order valence-corrected chi connectivity index (χ2v) is 8.56. The molecule has 0 aliphatic rings. The van der Waals surface area contributed by atoms with E-state index in [4.69, 9.17) is 9.47 Å². The van der Waals surface area contributed by atoms with Gasteiger partial charge in [-0.1, -0.05) is 0 Å². The molecule has 0 aromatic heterocycles. The van der Waals surface area contributed by atoms with E-state index in [0.29, 0.717) is 19.4 Å². The molecule has 0 fully saturated rings. The highest BCUT2D eigenvalue weighted by Crippen LogP contribution is 2.08. The fraction of sp³-hybridized carbons (Fsp3) is 0.789. The van der Waals surface area contributed by atoms with Gasteiger partial charge in [-0.25, -0.2) is 14.4 Å². The Morgan fingerprint density at radius 1 is 0.828 bits per heavy atom. The molecule has 0 radical (unpaired) electrons. The van der Waals surface area contributed by atoms with Crippen LogP contribution in [0.2, 0.25) is 0 Å². The maximum Gasteiger partial charge on any atom is 0.408 e. The van der Waals surface area contributed by atoms with Gasteiger partial charge in [0.1, 0.15) is 17.2 Å². The van der Waals surface area contributed by atoms with Gasteiger partial charge in [-0.3, -0.25) is 4.79 Å². The van der Waals surface area contributed by atoms with Crippen molar-refractivity contribution in [2.24, 2.45) is 0 Å². The lowest BCUT2D eigenvalue weighted by Gasteiger charge is -2.22. The molecule has 0 spiro atoms. The van der Waals surface area contributed by atoms with Crippen molar-refractivity contribution in [1.29, 1.82) is 0 Å². The van der Waals surface area contributed by atoms with Crippen LogP contribution in [-0.4, -0.2) is 59.5 Å². The highest BCUT2D eigenvalue weighted by atomic mass is 16.6. The van der Waals surface area contributed by atoms with Crippen LogP contribution in [0.25, 0.3) is 0 Å². The Balaban J connectivity index is 3.99. The monoisotopic (exact) mass is 417 g/mol. The number of carboxylic acid groups (broad SMARTS) is 1. The highest BCUT2D eigenvalue weighted by Gasteiger charge is 2.23. The summed E-state index contributed by atoms with van der Waals surface area (Å²) >= 11 is 0. The summed E-state index contributed by atoms with van der Waals surface area (Å²) in [5.74, 6) is -1.38. The summed E-state index contributed by atoms with van der Waals surface area (Å²) in [4.78, 5) is 46.1. The first-order valence-electron chi connectivity index (χ1n) is 9.65. The summed E-state index contributed by atoms with van der Waals surface area (Å²) in [6.45, 7) is 10.8. The maximum absolute atomic E-state index is 11.7. The summed E-state index contributed by atoms with van der Waals surface area (Å²) in [7, 11) is 0. The predicted molar refractivity (Wildman–Crippen MR) is 107 cm³/mol. The summed E-state index contributed by atoms with van der Waals surface area (Å²) in [5, 5.41) is 16.7. The average molecular weight is 418 g/mol. The van der Waals surface area contributed by atoms with Crippen LogP contribution in [-0.2, 0) is 19.1 Å². The first-order valence-corrected chi connectivity index (χ1v) is 9.65.